The number of anilines is 1. The van der Waals surface area contributed by atoms with E-state index in [1.54, 1.807) is 6.07 Å². The van der Waals surface area contributed by atoms with Crippen molar-refractivity contribution in [3.05, 3.63) is 29.3 Å². The van der Waals surface area contributed by atoms with E-state index in [1.807, 2.05) is 32.0 Å². The predicted molar refractivity (Wildman–Crippen MR) is 90.2 cm³/mol. The number of urea groups is 1. The number of hydrogen-bond donors (Lipinski definition) is 3. The van der Waals surface area contributed by atoms with Crippen molar-refractivity contribution in [2.45, 2.75) is 19.9 Å². The van der Waals surface area contributed by atoms with E-state index in [0.717, 1.165) is 17.4 Å². The van der Waals surface area contributed by atoms with Crippen LogP contribution in [-0.4, -0.2) is 45.0 Å². The van der Waals surface area contributed by atoms with Gasteiger partial charge in [-0.1, -0.05) is 18.2 Å². The Bertz CT molecular complexity index is 748. The molecule has 0 aromatic heterocycles. The van der Waals surface area contributed by atoms with Crippen molar-refractivity contribution in [2.75, 3.05) is 23.9 Å². The number of sulfone groups is 1. The van der Waals surface area contributed by atoms with E-state index in [-0.39, 0.29) is 6.54 Å². The van der Waals surface area contributed by atoms with Gasteiger partial charge in [-0.25, -0.2) is 13.2 Å². The molecule has 3 amide bonds. The highest BCUT2D eigenvalue weighted by molar-refractivity contribution is 7.90. The first-order valence-corrected chi connectivity index (χ1v) is 9.16. The van der Waals surface area contributed by atoms with Crippen LogP contribution in [0.5, 0.6) is 0 Å². The van der Waals surface area contributed by atoms with E-state index in [2.05, 4.69) is 16.0 Å². The maximum absolute atomic E-state index is 12.1. The topological polar surface area (TPSA) is 128 Å². The van der Waals surface area contributed by atoms with Gasteiger partial charge >= 0.3 is 6.03 Å². The molecule has 130 valence electrons. The van der Waals surface area contributed by atoms with Crippen LogP contribution in [0.1, 0.15) is 11.1 Å². The number of nitrogens with one attached hydrogen (secondary N) is 3. The summed E-state index contributed by atoms with van der Waals surface area (Å²) in [4.78, 5) is 24.1. The fraction of sp³-hybridized carbons (Fsp3) is 0.400. The number of carbonyl (C=O) groups excluding carboxylic acids is 2. The number of benzene rings is 1. The molecule has 0 aliphatic carbocycles. The summed E-state index contributed by atoms with van der Waals surface area (Å²) in [5, 5.41) is 15.7. The average molecular weight is 352 g/mol. The van der Waals surface area contributed by atoms with Crippen LogP contribution in [-0.2, 0) is 14.6 Å². The van der Waals surface area contributed by atoms with E-state index >= 15 is 0 Å². The van der Waals surface area contributed by atoms with E-state index < -0.39 is 33.6 Å². The fourth-order valence-corrected chi connectivity index (χ4v) is 2.90. The number of rotatable bonds is 6. The highest BCUT2D eigenvalue weighted by Gasteiger charge is 2.25. The molecule has 0 heterocycles. The third-order valence-electron chi connectivity index (χ3n) is 3.15. The largest absolute Gasteiger partial charge is 0.341 e. The van der Waals surface area contributed by atoms with Crippen LogP contribution >= 0.6 is 0 Å². The molecule has 1 unspecified atom stereocenters. The van der Waals surface area contributed by atoms with Gasteiger partial charge in [0.1, 0.15) is 22.4 Å². The van der Waals surface area contributed by atoms with Gasteiger partial charge in [-0.05, 0) is 25.0 Å². The van der Waals surface area contributed by atoms with Crippen LogP contribution in [0.2, 0.25) is 0 Å². The van der Waals surface area contributed by atoms with Crippen molar-refractivity contribution in [2.24, 2.45) is 0 Å². The minimum absolute atomic E-state index is 0.278. The Morgan fingerprint density at radius 2 is 1.83 bits per heavy atom. The molecule has 24 heavy (non-hydrogen) atoms. The maximum Gasteiger partial charge on any atom is 0.319 e. The first-order valence-electron chi connectivity index (χ1n) is 7.10. The lowest BCUT2D eigenvalue weighted by molar-refractivity contribution is -0.122. The molecule has 0 saturated heterocycles. The summed E-state index contributed by atoms with van der Waals surface area (Å²) in [6.07, 6.45) is 0.961. The zero-order valence-corrected chi connectivity index (χ0v) is 14.5. The molecule has 9 heteroatoms. The molecule has 1 atom stereocenters. The standard InChI is InChI=1S/C15H20N4O4S/c1-10-5-4-6-11(2)13(10)19-15(21)18-12(9-24(3,22)23)14(20)17-8-7-16/h4-6,12H,8-9H2,1-3H3,(H,17,20)(H2,18,19,21). The van der Waals surface area contributed by atoms with Crippen LogP contribution < -0.4 is 16.0 Å². The summed E-state index contributed by atoms with van der Waals surface area (Å²) in [6.45, 7) is 3.35. The molecule has 1 rings (SSSR count). The SMILES string of the molecule is Cc1cccc(C)c1NC(=O)NC(CS(C)(=O)=O)C(=O)NCC#N. The van der Waals surface area contributed by atoms with Crippen LogP contribution in [0.25, 0.3) is 0 Å². The number of carbonyl (C=O) groups is 2. The van der Waals surface area contributed by atoms with E-state index in [0.29, 0.717) is 5.69 Å². The summed E-state index contributed by atoms with van der Waals surface area (Å²) in [5.74, 6) is -1.30. The number of nitriles is 1. The van der Waals surface area contributed by atoms with E-state index in [9.17, 15) is 18.0 Å². The Labute approximate surface area is 141 Å². The molecule has 0 aliphatic rings. The summed E-state index contributed by atoms with van der Waals surface area (Å²) in [6, 6.07) is 5.19. The van der Waals surface area contributed by atoms with Crippen LogP contribution in [0.4, 0.5) is 10.5 Å². The molecular formula is C15H20N4O4S. The number of nitrogens with zero attached hydrogens (tertiary/aromatic N) is 1. The quantitative estimate of drug-likeness (QED) is 0.641. The molecule has 3 N–H and O–H groups in total. The molecule has 1 aromatic carbocycles. The molecule has 0 bridgehead atoms. The Balaban J connectivity index is 2.87. The van der Waals surface area contributed by atoms with Crippen molar-refractivity contribution >= 4 is 27.5 Å². The second-order valence-electron chi connectivity index (χ2n) is 5.39. The second kappa shape index (κ2) is 8.31. The molecule has 0 saturated carbocycles. The Hall–Kier alpha value is -2.60. The predicted octanol–water partition coefficient (Wildman–Crippen LogP) is 0.478. The zero-order chi connectivity index (χ0) is 18.3. The molecule has 0 radical (unpaired) electrons. The maximum atomic E-state index is 12.1. The monoisotopic (exact) mass is 352 g/mol. The number of amides is 3. The summed E-state index contributed by atoms with van der Waals surface area (Å²) < 4.78 is 22.9. The normalized spacial score (nSPS) is 11.9. The van der Waals surface area contributed by atoms with Gasteiger partial charge in [-0.15, -0.1) is 0 Å². The van der Waals surface area contributed by atoms with Gasteiger partial charge in [0, 0.05) is 11.9 Å². The Morgan fingerprint density at radius 1 is 1.25 bits per heavy atom. The van der Waals surface area contributed by atoms with Crippen molar-refractivity contribution < 1.29 is 18.0 Å². The van der Waals surface area contributed by atoms with Gasteiger partial charge in [0.05, 0.1) is 11.8 Å². The molecule has 0 aliphatic heterocycles. The van der Waals surface area contributed by atoms with Gasteiger partial charge in [0.25, 0.3) is 0 Å². The van der Waals surface area contributed by atoms with Crippen molar-refractivity contribution in [3.63, 3.8) is 0 Å². The van der Waals surface area contributed by atoms with Gasteiger partial charge in [-0.3, -0.25) is 4.79 Å². The van der Waals surface area contributed by atoms with Gasteiger partial charge in [-0.2, -0.15) is 5.26 Å². The third-order valence-corrected chi connectivity index (χ3v) is 4.09. The highest BCUT2D eigenvalue weighted by atomic mass is 32.2. The lowest BCUT2D eigenvalue weighted by Crippen LogP contribution is -2.51. The number of aryl methyl sites for hydroxylation is 2. The molecule has 1 aromatic rings. The van der Waals surface area contributed by atoms with Gasteiger partial charge in [0.2, 0.25) is 5.91 Å². The fourth-order valence-electron chi connectivity index (χ4n) is 2.05. The smallest absolute Gasteiger partial charge is 0.319 e. The second-order valence-corrected chi connectivity index (χ2v) is 7.57. The summed E-state index contributed by atoms with van der Waals surface area (Å²) in [7, 11) is -3.51. The van der Waals surface area contributed by atoms with Gasteiger partial charge in [0.15, 0.2) is 0 Å². The van der Waals surface area contributed by atoms with E-state index in [4.69, 9.17) is 5.26 Å². The molecule has 0 fully saturated rings. The minimum atomic E-state index is -3.51. The summed E-state index contributed by atoms with van der Waals surface area (Å²) in [5.41, 5.74) is 2.25. The number of para-hydroxylation sites is 1. The molecular weight excluding hydrogens is 332 g/mol. The zero-order valence-electron chi connectivity index (χ0n) is 13.7. The molecule has 0 spiro atoms. The Kier molecular flexibility index (Phi) is 6.73. The van der Waals surface area contributed by atoms with Gasteiger partial charge < -0.3 is 16.0 Å². The van der Waals surface area contributed by atoms with E-state index in [1.165, 1.54) is 0 Å². The van der Waals surface area contributed by atoms with Crippen LogP contribution in [0.3, 0.4) is 0 Å². The lowest BCUT2D eigenvalue weighted by Gasteiger charge is -2.18. The highest BCUT2D eigenvalue weighted by Crippen LogP contribution is 2.19. The lowest BCUT2D eigenvalue weighted by atomic mass is 10.1. The van der Waals surface area contributed by atoms with Crippen molar-refractivity contribution in [3.8, 4) is 6.07 Å². The van der Waals surface area contributed by atoms with Crippen molar-refractivity contribution in [1.82, 2.24) is 10.6 Å². The number of hydrogen-bond acceptors (Lipinski definition) is 5. The summed E-state index contributed by atoms with van der Waals surface area (Å²) >= 11 is 0. The third kappa shape index (κ3) is 6.26. The average Bonchev–Trinajstić information content (AvgIpc) is 2.46. The van der Waals surface area contributed by atoms with Crippen molar-refractivity contribution in [1.29, 1.82) is 5.26 Å². The molecule has 8 nitrogen and oxygen atoms in total. The van der Waals surface area contributed by atoms with Crippen LogP contribution in [0, 0.1) is 25.2 Å². The minimum Gasteiger partial charge on any atom is -0.341 e. The first kappa shape index (κ1) is 19.4. The Morgan fingerprint density at radius 3 is 2.33 bits per heavy atom. The first-order chi connectivity index (χ1) is 11.1. The van der Waals surface area contributed by atoms with Crippen LogP contribution in [0.15, 0.2) is 18.2 Å².